The smallest absolute Gasteiger partial charge is 0.122 e. The predicted molar refractivity (Wildman–Crippen MR) is 75.3 cm³/mol. The van der Waals surface area contributed by atoms with Crippen LogP contribution in [0.2, 0.25) is 0 Å². The van der Waals surface area contributed by atoms with Gasteiger partial charge in [-0.1, -0.05) is 18.2 Å². The molecule has 2 rings (SSSR count). The highest BCUT2D eigenvalue weighted by Crippen LogP contribution is 2.22. The van der Waals surface area contributed by atoms with E-state index in [1.807, 2.05) is 24.3 Å². The number of nitrogen functional groups attached to an aromatic ring is 1. The van der Waals surface area contributed by atoms with Gasteiger partial charge in [0.1, 0.15) is 5.84 Å². The molecular formula is C15H22N2O2. The van der Waals surface area contributed by atoms with E-state index < -0.39 is 0 Å². The first-order valence-corrected chi connectivity index (χ1v) is 6.75. The van der Waals surface area contributed by atoms with Gasteiger partial charge in [0.2, 0.25) is 0 Å². The van der Waals surface area contributed by atoms with Gasteiger partial charge in [0.15, 0.2) is 0 Å². The van der Waals surface area contributed by atoms with Crippen molar-refractivity contribution in [1.29, 1.82) is 5.41 Å². The zero-order valence-electron chi connectivity index (χ0n) is 11.6. The Bertz CT molecular complexity index is 438. The van der Waals surface area contributed by atoms with E-state index in [1.54, 1.807) is 0 Å². The molecular weight excluding hydrogens is 240 g/mol. The molecule has 1 aliphatic rings. The third kappa shape index (κ3) is 4.04. The Hall–Kier alpha value is -1.39. The summed E-state index contributed by atoms with van der Waals surface area (Å²) < 4.78 is 11.6. The average Bonchev–Trinajstić information content (AvgIpc) is 2.35. The van der Waals surface area contributed by atoms with E-state index >= 15 is 0 Å². The van der Waals surface area contributed by atoms with Crippen molar-refractivity contribution >= 4 is 5.84 Å². The van der Waals surface area contributed by atoms with Crippen LogP contribution in [-0.2, 0) is 16.1 Å². The summed E-state index contributed by atoms with van der Waals surface area (Å²) in [4.78, 5) is 0. The van der Waals surface area contributed by atoms with Gasteiger partial charge < -0.3 is 15.2 Å². The molecule has 1 aromatic carbocycles. The fraction of sp³-hybridized carbons (Fsp3) is 0.533. The monoisotopic (exact) mass is 262 g/mol. The molecule has 1 aliphatic heterocycles. The van der Waals surface area contributed by atoms with Gasteiger partial charge in [0, 0.05) is 5.56 Å². The predicted octanol–water partition coefficient (Wildman–Crippen LogP) is 2.44. The van der Waals surface area contributed by atoms with E-state index in [4.69, 9.17) is 20.6 Å². The van der Waals surface area contributed by atoms with Crippen LogP contribution in [0.4, 0.5) is 0 Å². The summed E-state index contributed by atoms with van der Waals surface area (Å²) in [7, 11) is 0. The lowest BCUT2D eigenvalue weighted by Gasteiger charge is -2.32. The first-order chi connectivity index (χ1) is 9.04. The first kappa shape index (κ1) is 14.0. The van der Waals surface area contributed by atoms with E-state index in [1.165, 1.54) is 0 Å². The summed E-state index contributed by atoms with van der Waals surface area (Å²) in [5.74, 6) is 0.0927. The molecule has 0 aromatic heterocycles. The number of rotatable bonds is 4. The lowest BCUT2D eigenvalue weighted by molar-refractivity contribution is -0.106. The van der Waals surface area contributed by atoms with Crippen molar-refractivity contribution in [2.45, 2.75) is 51.6 Å². The molecule has 0 amide bonds. The summed E-state index contributed by atoms with van der Waals surface area (Å²) >= 11 is 0. The molecule has 0 saturated carbocycles. The van der Waals surface area contributed by atoms with Crippen LogP contribution in [0, 0.1) is 5.41 Å². The standard InChI is InChI=1S/C15H22N2O2/c1-10-6-14(7-11(2)19-10)18-9-12-4-3-5-13(8-12)15(16)17/h3-5,8,10-11,14H,6-7,9H2,1-2H3,(H3,16,17). The molecule has 1 heterocycles. The summed E-state index contributed by atoms with van der Waals surface area (Å²) in [6, 6.07) is 7.65. The highest BCUT2D eigenvalue weighted by Gasteiger charge is 2.24. The number of amidine groups is 1. The van der Waals surface area contributed by atoms with Gasteiger partial charge in [-0.05, 0) is 38.3 Å². The molecule has 1 aromatic rings. The first-order valence-electron chi connectivity index (χ1n) is 6.75. The van der Waals surface area contributed by atoms with Crippen LogP contribution in [0.1, 0.15) is 37.8 Å². The Morgan fingerprint density at radius 3 is 2.68 bits per heavy atom. The van der Waals surface area contributed by atoms with Gasteiger partial charge in [0.05, 0.1) is 24.9 Å². The zero-order valence-corrected chi connectivity index (χ0v) is 11.6. The highest BCUT2D eigenvalue weighted by atomic mass is 16.5. The Labute approximate surface area is 114 Å². The topological polar surface area (TPSA) is 68.3 Å². The SMILES string of the molecule is CC1CC(OCc2cccc(C(=N)N)c2)CC(C)O1. The molecule has 0 aliphatic carbocycles. The molecule has 4 nitrogen and oxygen atoms in total. The number of hydrogen-bond acceptors (Lipinski definition) is 3. The van der Waals surface area contributed by atoms with E-state index in [-0.39, 0.29) is 24.1 Å². The van der Waals surface area contributed by atoms with Crippen molar-refractivity contribution < 1.29 is 9.47 Å². The summed E-state index contributed by atoms with van der Waals surface area (Å²) in [5, 5.41) is 7.43. The van der Waals surface area contributed by atoms with Crippen molar-refractivity contribution in [3.63, 3.8) is 0 Å². The Morgan fingerprint density at radius 1 is 1.37 bits per heavy atom. The molecule has 2 unspecified atom stereocenters. The second kappa shape index (κ2) is 6.17. The minimum absolute atomic E-state index is 0.0927. The molecule has 1 fully saturated rings. The third-order valence-corrected chi connectivity index (χ3v) is 3.38. The quantitative estimate of drug-likeness (QED) is 0.647. The van der Waals surface area contributed by atoms with E-state index in [0.29, 0.717) is 6.61 Å². The normalized spacial score (nSPS) is 27.2. The minimum atomic E-state index is 0.0927. The molecule has 0 bridgehead atoms. The number of nitrogens with two attached hydrogens (primary N) is 1. The van der Waals surface area contributed by atoms with Gasteiger partial charge in [-0.2, -0.15) is 0 Å². The molecule has 1 saturated heterocycles. The number of benzene rings is 1. The number of hydrogen-bond donors (Lipinski definition) is 2. The second-order valence-electron chi connectivity index (χ2n) is 5.28. The fourth-order valence-electron chi connectivity index (χ4n) is 2.52. The molecule has 0 radical (unpaired) electrons. The maximum absolute atomic E-state index is 7.43. The molecule has 2 atom stereocenters. The van der Waals surface area contributed by atoms with Crippen LogP contribution in [0.5, 0.6) is 0 Å². The summed E-state index contributed by atoms with van der Waals surface area (Å²) in [5.41, 5.74) is 7.28. The van der Waals surface area contributed by atoms with Crippen LogP contribution in [-0.4, -0.2) is 24.1 Å². The van der Waals surface area contributed by atoms with Crippen molar-refractivity contribution in [3.05, 3.63) is 35.4 Å². The molecule has 3 N–H and O–H groups in total. The number of ether oxygens (including phenoxy) is 2. The lowest BCUT2D eigenvalue weighted by atomic mass is 10.0. The van der Waals surface area contributed by atoms with E-state index in [2.05, 4.69) is 13.8 Å². The summed E-state index contributed by atoms with van der Waals surface area (Å²) in [6.07, 6.45) is 2.65. The lowest BCUT2D eigenvalue weighted by Crippen LogP contribution is -2.34. The van der Waals surface area contributed by atoms with Crippen LogP contribution >= 0.6 is 0 Å². The van der Waals surface area contributed by atoms with Crippen LogP contribution in [0.3, 0.4) is 0 Å². The molecule has 19 heavy (non-hydrogen) atoms. The Balaban J connectivity index is 1.91. The van der Waals surface area contributed by atoms with Crippen LogP contribution < -0.4 is 5.73 Å². The van der Waals surface area contributed by atoms with Gasteiger partial charge in [-0.25, -0.2) is 0 Å². The van der Waals surface area contributed by atoms with Crippen LogP contribution in [0.15, 0.2) is 24.3 Å². The van der Waals surface area contributed by atoms with Gasteiger partial charge in [-0.15, -0.1) is 0 Å². The second-order valence-corrected chi connectivity index (χ2v) is 5.28. The third-order valence-electron chi connectivity index (χ3n) is 3.38. The van der Waals surface area contributed by atoms with Crippen molar-refractivity contribution in [1.82, 2.24) is 0 Å². The Morgan fingerprint density at radius 2 is 2.05 bits per heavy atom. The largest absolute Gasteiger partial charge is 0.384 e. The van der Waals surface area contributed by atoms with Gasteiger partial charge >= 0.3 is 0 Å². The summed E-state index contributed by atoms with van der Waals surface area (Å²) in [6.45, 7) is 4.73. The molecule has 104 valence electrons. The Kier molecular flexibility index (Phi) is 4.56. The maximum Gasteiger partial charge on any atom is 0.122 e. The maximum atomic E-state index is 7.43. The van der Waals surface area contributed by atoms with Gasteiger partial charge in [0.25, 0.3) is 0 Å². The molecule has 0 spiro atoms. The minimum Gasteiger partial charge on any atom is -0.384 e. The fourth-order valence-corrected chi connectivity index (χ4v) is 2.52. The zero-order chi connectivity index (χ0) is 13.8. The van der Waals surface area contributed by atoms with Crippen molar-refractivity contribution in [2.75, 3.05) is 0 Å². The van der Waals surface area contributed by atoms with E-state index in [0.717, 1.165) is 24.0 Å². The van der Waals surface area contributed by atoms with Crippen LogP contribution in [0.25, 0.3) is 0 Å². The van der Waals surface area contributed by atoms with Gasteiger partial charge in [-0.3, -0.25) is 5.41 Å². The molecule has 4 heteroatoms. The van der Waals surface area contributed by atoms with Crippen molar-refractivity contribution in [2.24, 2.45) is 5.73 Å². The number of nitrogens with one attached hydrogen (secondary N) is 1. The average molecular weight is 262 g/mol. The van der Waals surface area contributed by atoms with Crippen molar-refractivity contribution in [3.8, 4) is 0 Å². The highest BCUT2D eigenvalue weighted by molar-refractivity contribution is 5.95. The van der Waals surface area contributed by atoms with E-state index in [9.17, 15) is 0 Å².